The van der Waals surface area contributed by atoms with Crippen LogP contribution in [0.15, 0.2) is 0 Å². The second kappa shape index (κ2) is 6.20. The SMILES string of the molecule is CCc1nc(CCO)[nH]c1CC1CCCCC1. The molecule has 0 unspecified atom stereocenters. The fourth-order valence-electron chi connectivity index (χ4n) is 2.87. The van der Waals surface area contributed by atoms with Crippen LogP contribution in [0.2, 0.25) is 0 Å². The average Bonchev–Trinajstić information content (AvgIpc) is 2.73. The predicted octanol–water partition coefficient (Wildman–Crippen LogP) is 2.63. The monoisotopic (exact) mass is 236 g/mol. The Morgan fingerprint density at radius 1 is 1.29 bits per heavy atom. The zero-order chi connectivity index (χ0) is 12.1. The van der Waals surface area contributed by atoms with Gasteiger partial charge in [0.15, 0.2) is 0 Å². The van der Waals surface area contributed by atoms with Crippen LogP contribution in [-0.2, 0) is 19.3 Å². The Hall–Kier alpha value is -0.830. The Kier molecular flexibility index (Phi) is 4.60. The molecule has 0 spiro atoms. The Morgan fingerprint density at radius 3 is 2.71 bits per heavy atom. The number of aromatic amines is 1. The predicted molar refractivity (Wildman–Crippen MR) is 69.0 cm³/mol. The van der Waals surface area contributed by atoms with Gasteiger partial charge in [-0.1, -0.05) is 39.0 Å². The minimum Gasteiger partial charge on any atom is -0.396 e. The minimum atomic E-state index is 0.180. The molecule has 0 saturated heterocycles. The lowest BCUT2D eigenvalue weighted by Crippen LogP contribution is -2.10. The van der Waals surface area contributed by atoms with Crippen molar-refractivity contribution in [3.63, 3.8) is 0 Å². The van der Waals surface area contributed by atoms with Crippen molar-refractivity contribution in [2.24, 2.45) is 5.92 Å². The second-order valence-electron chi connectivity index (χ2n) is 5.14. The van der Waals surface area contributed by atoms with Crippen molar-refractivity contribution in [2.45, 2.75) is 58.3 Å². The Bertz CT molecular complexity index is 340. The molecule has 1 fully saturated rings. The van der Waals surface area contributed by atoms with Crippen LogP contribution in [0.4, 0.5) is 0 Å². The highest BCUT2D eigenvalue weighted by atomic mass is 16.3. The van der Waals surface area contributed by atoms with Gasteiger partial charge in [0.25, 0.3) is 0 Å². The van der Waals surface area contributed by atoms with Crippen molar-refractivity contribution in [3.8, 4) is 0 Å². The Morgan fingerprint density at radius 2 is 2.06 bits per heavy atom. The van der Waals surface area contributed by atoms with Gasteiger partial charge in [0.1, 0.15) is 5.82 Å². The first kappa shape index (κ1) is 12.6. The third-order valence-corrected chi connectivity index (χ3v) is 3.81. The van der Waals surface area contributed by atoms with Gasteiger partial charge in [-0.15, -0.1) is 0 Å². The minimum absolute atomic E-state index is 0.180. The van der Waals surface area contributed by atoms with Crippen LogP contribution < -0.4 is 0 Å². The number of imidazole rings is 1. The first-order valence-corrected chi connectivity index (χ1v) is 7.01. The van der Waals surface area contributed by atoms with Gasteiger partial charge in [-0.25, -0.2) is 4.98 Å². The molecular weight excluding hydrogens is 212 g/mol. The van der Waals surface area contributed by atoms with Gasteiger partial charge in [0.05, 0.1) is 12.3 Å². The van der Waals surface area contributed by atoms with Crippen molar-refractivity contribution in [1.29, 1.82) is 0 Å². The molecule has 17 heavy (non-hydrogen) atoms. The number of aryl methyl sites for hydroxylation is 1. The molecule has 3 nitrogen and oxygen atoms in total. The summed E-state index contributed by atoms with van der Waals surface area (Å²) in [5, 5.41) is 8.95. The average molecular weight is 236 g/mol. The summed E-state index contributed by atoms with van der Waals surface area (Å²) in [6.45, 7) is 2.34. The van der Waals surface area contributed by atoms with Crippen molar-refractivity contribution < 1.29 is 5.11 Å². The van der Waals surface area contributed by atoms with E-state index in [1.807, 2.05) is 0 Å². The number of nitrogens with one attached hydrogen (secondary N) is 1. The van der Waals surface area contributed by atoms with Gasteiger partial charge in [-0.3, -0.25) is 0 Å². The van der Waals surface area contributed by atoms with Crippen molar-refractivity contribution in [1.82, 2.24) is 9.97 Å². The van der Waals surface area contributed by atoms with E-state index < -0.39 is 0 Å². The van der Waals surface area contributed by atoms with Crippen LogP contribution >= 0.6 is 0 Å². The smallest absolute Gasteiger partial charge is 0.108 e. The molecule has 96 valence electrons. The molecule has 0 bridgehead atoms. The molecule has 1 saturated carbocycles. The fraction of sp³-hybridized carbons (Fsp3) is 0.786. The van der Waals surface area contributed by atoms with Crippen LogP contribution in [0.3, 0.4) is 0 Å². The van der Waals surface area contributed by atoms with Crippen LogP contribution in [0, 0.1) is 5.92 Å². The van der Waals surface area contributed by atoms with Crippen LogP contribution in [-0.4, -0.2) is 21.7 Å². The third kappa shape index (κ3) is 3.32. The summed E-state index contributed by atoms with van der Waals surface area (Å²) in [6, 6.07) is 0. The zero-order valence-corrected chi connectivity index (χ0v) is 10.8. The van der Waals surface area contributed by atoms with E-state index in [1.54, 1.807) is 0 Å². The summed E-state index contributed by atoms with van der Waals surface area (Å²) in [5.41, 5.74) is 2.53. The molecule has 0 radical (unpaired) electrons. The summed E-state index contributed by atoms with van der Waals surface area (Å²) >= 11 is 0. The lowest BCUT2D eigenvalue weighted by atomic mass is 9.86. The van der Waals surface area contributed by atoms with Gasteiger partial charge in [0, 0.05) is 12.1 Å². The van der Waals surface area contributed by atoms with E-state index >= 15 is 0 Å². The largest absolute Gasteiger partial charge is 0.396 e. The number of aliphatic hydroxyl groups excluding tert-OH is 1. The van der Waals surface area contributed by atoms with Gasteiger partial charge in [-0.05, 0) is 18.8 Å². The number of hydrogen-bond donors (Lipinski definition) is 2. The first-order valence-electron chi connectivity index (χ1n) is 7.01. The van der Waals surface area contributed by atoms with Gasteiger partial charge in [-0.2, -0.15) is 0 Å². The maximum absolute atomic E-state index is 8.95. The molecular formula is C14H24N2O. The summed E-state index contributed by atoms with van der Waals surface area (Å²) < 4.78 is 0. The van der Waals surface area contributed by atoms with E-state index in [4.69, 9.17) is 5.11 Å². The topological polar surface area (TPSA) is 48.9 Å². The van der Waals surface area contributed by atoms with Crippen LogP contribution in [0.5, 0.6) is 0 Å². The molecule has 1 aliphatic rings. The van der Waals surface area contributed by atoms with Crippen molar-refractivity contribution >= 4 is 0 Å². The molecule has 0 amide bonds. The second-order valence-corrected chi connectivity index (χ2v) is 5.14. The maximum Gasteiger partial charge on any atom is 0.108 e. The molecule has 2 rings (SSSR count). The lowest BCUT2D eigenvalue weighted by molar-refractivity contribution is 0.297. The molecule has 0 atom stereocenters. The fourth-order valence-corrected chi connectivity index (χ4v) is 2.87. The van der Waals surface area contributed by atoms with E-state index in [1.165, 1.54) is 43.5 Å². The highest BCUT2D eigenvalue weighted by Crippen LogP contribution is 2.27. The molecule has 2 N–H and O–H groups in total. The Labute approximate surface area is 104 Å². The third-order valence-electron chi connectivity index (χ3n) is 3.81. The van der Waals surface area contributed by atoms with Crippen molar-refractivity contribution in [3.05, 3.63) is 17.2 Å². The molecule has 3 heteroatoms. The molecule has 1 heterocycles. The number of nitrogens with zero attached hydrogens (tertiary/aromatic N) is 1. The molecule has 0 aliphatic heterocycles. The number of H-pyrrole nitrogens is 1. The zero-order valence-electron chi connectivity index (χ0n) is 10.8. The standard InChI is InChI=1S/C14H24N2O/c1-2-12-13(16-14(15-12)8-9-17)10-11-6-4-3-5-7-11/h11,17H,2-10H2,1H3,(H,15,16). The van der Waals surface area contributed by atoms with E-state index in [9.17, 15) is 0 Å². The van der Waals surface area contributed by atoms with E-state index in [2.05, 4.69) is 16.9 Å². The van der Waals surface area contributed by atoms with Crippen LogP contribution in [0.25, 0.3) is 0 Å². The Balaban J connectivity index is 2.02. The summed E-state index contributed by atoms with van der Waals surface area (Å²) in [5.74, 6) is 1.80. The molecule has 1 aromatic rings. The number of rotatable bonds is 5. The number of aromatic nitrogens is 2. The lowest BCUT2D eigenvalue weighted by Gasteiger charge is -2.21. The number of hydrogen-bond acceptors (Lipinski definition) is 2. The quantitative estimate of drug-likeness (QED) is 0.825. The van der Waals surface area contributed by atoms with Crippen molar-refractivity contribution in [2.75, 3.05) is 6.61 Å². The van der Waals surface area contributed by atoms with E-state index in [0.29, 0.717) is 6.42 Å². The van der Waals surface area contributed by atoms with E-state index in [0.717, 1.165) is 24.6 Å². The summed E-state index contributed by atoms with van der Waals surface area (Å²) in [6.07, 6.45) is 9.74. The number of aliphatic hydroxyl groups is 1. The van der Waals surface area contributed by atoms with Crippen LogP contribution in [0.1, 0.15) is 56.2 Å². The molecule has 1 aliphatic carbocycles. The normalized spacial score (nSPS) is 17.5. The highest BCUT2D eigenvalue weighted by Gasteiger charge is 2.17. The summed E-state index contributed by atoms with van der Waals surface area (Å²) in [7, 11) is 0. The highest BCUT2D eigenvalue weighted by molar-refractivity contribution is 5.16. The maximum atomic E-state index is 8.95. The van der Waals surface area contributed by atoms with Gasteiger partial charge in [0.2, 0.25) is 0 Å². The summed E-state index contributed by atoms with van der Waals surface area (Å²) in [4.78, 5) is 7.98. The van der Waals surface area contributed by atoms with Gasteiger partial charge >= 0.3 is 0 Å². The van der Waals surface area contributed by atoms with E-state index in [-0.39, 0.29) is 6.61 Å². The van der Waals surface area contributed by atoms with Gasteiger partial charge < -0.3 is 10.1 Å². The first-order chi connectivity index (χ1) is 8.33. The molecule has 0 aromatic carbocycles. The molecule has 1 aromatic heterocycles.